The van der Waals surface area contributed by atoms with Gasteiger partial charge in [0.1, 0.15) is 24.8 Å². The molecule has 0 aromatic heterocycles. The predicted molar refractivity (Wildman–Crippen MR) is 124 cm³/mol. The van der Waals surface area contributed by atoms with Gasteiger partial charge in [-0.1, -0.05) is 42.5 Å². The number of nitrogens with one attached hydrogen (secondary N) is 2. The van der Waals surface area contributed by atoms with Crippen molar-refractivity contribution < 1.29 is 33.4 Å². The molecular formula is C25H30N2O7. The van der Waals surface area contributed by atoms with Crippen LogP contribution in [-0.4, -0.2) is 49.2 Å². The molecule has 0 spiro atoms. The molecule has 0 aliphatic carbocycles. The van der Waals surface area contributed by atoms with Crippen LogP contribution in [0.3, 0.4) is 0 Å². The fourth-order valence-electron chi connectivity index (χ4n) is 2.86. The normalized spacial score (nSPS) is 11.6. The van der Waals surface area contributed by atoms with E-state index in [4.69, 9.17) is 14.2 Å². The molecule has 2 amide bonds. The van der Waals surface area contributed by atoms with Crippen molar-refractivity contribution in [3.05, 3.63) is 71.3 Å². The zero-order valence-electron chi connectivity index (χ0n) is 19.8. The fraction of sp³-hybridized carbons (Fsp3) is 0.360. The molecule has 2 aromatic rings. The van der Waals surface area contributed by atoms with Crippen LogP contribution in [0.2, 0.25) is 0 Å². The van der Waals surface area contributed by atoms with Crippen molar-refractivity contribution in [2.45, 2.75) is 45.4 Å². The van der Waals surface area contributed by atoms with Gasteiger partial charge in [-0.15, -0.1) is 0 Å². The first-order valence-corrected chi connectivity index (χ1v) is 10.7. The van der Waals surface area contributed by atoms with Crippen molar-refractivity contribution in [1.82, 2.24) is 10.6 Å². The fourth-order valence-corrected chi connectivity index (χ4v) is 2.86. The number of hydrogen-bond acceptors (Lipinski definition) is 7. The lowest BCUT2D eigenvalue weighted by atomic mass is 10.0. The minimum atomic E-state index is -0.980. The smallest absolute Gasteiger partial charge is 0.407 e. The number of hydrogen-bond donors (Lipinski definition) is 2. The quantitative estimate of drug-likeness (QED) is 0.427. The summed E-state index contributed by atoms with van der Waals surface area (Å²) in [7, 11) is 1.21. The van der Waals surface area contributed by atoms with Gasteiger partial charge >= 0.3 is 18.0 Å². The molecule has 0 bridgehead atoms. The maximum absolute atomic E-state index is 12.3. The van der Waals surface area contributed by atoms with E-state index in [-0.39, 0.29) is 19.6 Å². The summed E-state index contributed by atoms with van der Waals surface area (Å²) in [6.07, 6.45) is -0.628. The highest BCUT2D eigenvalue weighted by Crippen LogP contribution is 2.14. The number of amides is 2. The van der Waals surface area contributed by atoms with Crippen molar-refractivity contribution in [1.29, 1.82) is 0 Å². The lowest BCUT2D eigenvalue weighted by Gasteiger charge is -2.20. The van der Waals surface area contributed by atoms with Gasteiger partial charge in [-0.05, 0) is 44.0 Å². The zero-order valence-corrected chi connectivity index (χ0v) is 19.8. The Morgan fingerprint density at radius 1 is 0.912 bits per heavy atom. The molecule has 2 rings (SSSR count). The highest BCUT2D eigenvalue weighted by Gasteiger charge is 2.23. The monoisotopic (exact) mass is 470 g/mol. The van der Waals surface area contributed by atoms with Crippen LogP contribution in [0, 0.1) is 0 Å². The van der Waals surface area contributed by atoms with Crippen LogP contribution in [0.1, 0.15) is 42.3 Å². The number of carbonyl (C=O) groups is 4. The Labute approximate surface area is 198 Å². The first kappa shape index (κ1) is 26.4. The molecule has 0 aliphatic heterocycles. The molecule has 34 heavy (non-hydrogen) atoms. The summed E-state index contributed by atoms with van der Waals surface area (Å²) in [6.45, 7) is 5.03. The maximum atomic E-state index is 12.3. The van der Waals surface area contributed by atoms with Crippen molar-refractivity contribution in [2.24, 2.45) is 0 Å². The third-order valence-electron chi connectivity index (χ3n) is 4.46. The van der Waals surface area contributed by atoms with Crippen LogP contribution in [-0.2, 0) is 36.8 Å². The van der Waals surface area contributed by atoms with Gasteiger partial charge in [0.25, 0.3) is 0 Å². The van der Waals surface area contributed by atoms with Gasteiger partial charge in [0.05, 0.1) is 12.7 Å². The van der Waals surface area contributed by atoms with E-state index in [1.807, 2.05) is 18.2 Å². The van der Waals surface area contributed by atoms with Gasteiger partial charge in [-0.2, -0.15) is 0 Å². The van der Waals surface area contributed by atoms with E-state index in [9.17, 15) is 19.2 Å². The van der Waals surface area contributed by atoms with Gasteiger partial charge in [0.15, 0.2) is 0 Å². The van der Waals surface area contributed by atoms with Crippen LogP contribution in [0.25, 0.3) is 0 Å². The van der Waals surface area contributed by atoms with Crippen LogP contribution < -0.4 is 10.6 Å². The summed E-state index contributed by atoms with van der Waals surface area (Å²) >= 11 is 0. The highest BCUT2D eigenvalue weighted by atomic mass is 16.6. The molecule has 0 unspecified atom stereocenters. The van der Waals surface area contributed by atoms with E-state index >= 15 is 0 Å². The molecule has 0 saturated carbocycles. The summed E-state index contributed by atoms with van der Waals surface area (Å²) in [5.74, 6) is -1.68. The molecule has 0 saturated heterocycles. The number of methoxy groups -OCH3 is 1. The minimum absolute atomic E-state index is 0.0678. The number of carbonyl (C=O) groups excluding carboxylic acids is 4. The second-order valence-corrected chi connectivity index (χ2v) is 8.46. The minimum Gasteiger partial charge on any atom is -0.467 e. The second kappa shape index (κ2) is 12.4. The Morgan fingerprint density at radius 3 is 2.15 bits per heavy atom. The van der Waals surface area contributed by atoms with E-state index in [0.29, 0.717) is 11.1 Å². The van der Waals surface area contributed by atoms with E-state index in [2.05, 4.69) is 10.6 Å². The molecule has 0 fully saturated rings. The van der Waals surface area contributed by atoms with Crippen molar-refractivity contribution in [2.75, 3.05) is 13.7 Å². The highest BCUT2D eigenvalue weighted by molar-refractivity contribution is 5.90. The lowest BCUT2D eigenvalue weighted by molar-refractivity contribution is -0.144. The summed E-state index contributed by atoms with van der Waals surface area (Å²) in [5.41, 5.74) is 1.26. The van der Waals surface area contributed by atoms with Gasteiger partial charge in [-0.3, -0.25) is 4.79 Å². The number of benzene rings is 2. The van der Waals surface area contributed by atoms with E-state index in [0.717, 1.165) is 5.56 Å². The SMILES string of the molecule is COC(=O)[C@H](Cc1ccc(C(=O)OC(C)(C)C)cc1)NC(=O)CNC(=O)OCc1ccccc1. The molecule has 0 radical (unpaired) electrons. The number of ether oxygens (including phenoxy) is 3. The Bertz CT molecular complexity index is 983. The summed E-state index contributed by atoms with van der Waals surface area (Å²) in [5, 5.41) is 4.88. The predicted octanol–water partition coefficient (Wildman–Crippen LogP) is 2.77. The Balaban J connectivity index is 1.87. The van der Waals surface area contributed by atoms with E-state index in [1.54, 1.807) is 57.2 Å². The molecule has 2 aromatic carbocycles. The zero-order chi connectivity index (χ0) is 25.1. The van der Waals surface area contributed by atoms with Crippen molar-refractivity contribution >= 4 is 23.9 Å². The van der Waals surface area contributed by atoms with Gasteiger partial charge < -0.3 is 24.8 Å². The largest absolute Gasteiger partial charge is 0.467 e. The molecule has 0 heterocycles. The maximum Gasteiger partial charge on any atom is 0.407 e. The Morgan fingerprint density at radius 2 is 1.56 bits per heavy atom. The molecule has 0 aliphatic rings. The molecule has 182 valence electrons. The van der Waals surface area contributed by atoms with Crippen LogP contribution in [0.5, 0.6) is 0 Å². The molecular weight excluding hydrogens is 440 g/mol. The second-order valence-electron chi connectivity index (χ2n) is 8.46. The lowest BCUT2D eigenvalue weighted by Crippen LogP contribution is -2.47. The first-order valence-electron chi connectivity index (χ1n) is 10.7. The molecule has 1 atom stereocenters. The topological polar surface area (TPSA) is 120 Å². The average Bonchev–Trinajstić information content (AvgIpc) is 2.80. The molecule has 2 N–H and O–H groups in total. The number of alkyl carbamates (subject to hydrolysis) is 1. The van der Waals surface area contributed by atoms with E-state index < -0.39 is 35.6 Å². The summed E-state index contributed by atoms with van der Waals surface area (Å²) in [4.78, 5) is 48.4. The Kier molecular flexibility index (Phi) is 9.61. The van der Waals surface area contributed by atoms with Crippen LogP contribution in [0.4, 0.5) is 4.79 Å². The van der Waals surface area contributed by atoms with Crippen molar-refractivity contribution in [3.63, 3.8) is 0 Å². The average molecular weight is 471 g/mol. The summed E-state index contributed by atoms with van der Waals surface area (Å²) in [6, 6.07) is 14.6. The van der Waals surface area contributed by atoms with Gasteiger partial charge in [-0.25, -0.2) is 14.4 Å². The number of rotatable bonds is 9. The first-order chi connectivity index (χ1) is 16.1. The third kappa shape index (κ3) is 9.32. The number of esters is 2. The summed E-state index contributed by atoms with van der Waals surface area (Å²) < 4.78 is 15.2. The Hall–Kier alpha value is -3.88. The molecule has 9 nitrogen and oxygen atoms in total. The van der Waals surface area contributed by atoms with Crippen LogP contribution in [0.15, 0.2) is 54.6 Å². The standard InChI is InChI=1S/C25H30N2O7/c1-25(2,3)34-22(29)19-12-10-17(11-13-19)14-20(23(30)32-4)27-21(28)15-26-24(31)33-16-18-8-6-5-7-9-18/h5-13,20H,14-16H2,1-4H3,(H,26,31)(H,27,28)/t20-/m0/s1. The van der Waals surface area contributed by atoms with E-state index in [1.165, 1.54) is 7.11 Å². The molecule has 9 heteroatoms. The van der Waals surface area contributed by atoms with Crippen LogP contribution >= 0.6 is 0 Å². The third-order valence-corrected chi connectivity index (χ3v) is 4.46. The van der Waals surface area contributed by atoms with Gasteiger partial charge in [0, 0.05) is 6.42 Å². The van der Waals surface area contributed by atoms with Crippen molar-refractivity contribution in [3.8, 4) is 0 Å². The van der Waals surface area contributed by atoms with Gasteiger partial charge in [0.2, 0.25) is 5.91 Å².